The van der Waals surface area contributed by atoms with Crippen molar-refractivity contribution in [3.8, 4) is 40.0 Å². The van der Waals surface area contributed by atoms with E-state index in [1.165, 1.54) is 6.92 Å². The van der Waals surface area contributed by atoms with Gasteiger partial charge in [0.2, 0.25) is 11.7 Å². The molecule has 4 N–H and O–H groups in total. The monoisotopic (exact) mass is 863 g/mol. The lowest BCUT2D eigenvalue weighted by molar-refractivity contribution is -0.0142. The van der Waals surface area contributed by atoms with Crippen LogP contribution in [-0.2, 0) is 36.5 Å². The lowest BCUT2D eigenvalue weighted by atomic mass is 9.78. The lowest BCUT2D eigenvalue weighted by Gasteiger charge is -2.39. The topological polar surface area (TPSA) is 209 Å². The van der Waals surface area contributed by atoms with E-state index in [-0.39, 0.29) is 40.8 Å². The van der Waals surface area contributed by atoms with Gasteiger partial charge in [0.25, 0.3) is 0 Å². The molecule has 0 amide bonds. The summed E-state index contributed by atoms with van der Waals surface area (Å²) in [5.74, 6) is 2.84. The fraction of sp³-hybridized carbons (Fsp3) is 0.511. The second-order valence-electron chi connectivity index (χ2n) is 15.5. The number of benzene rings is 2. The van der Waals surface area contributed by atoms with Crippen molar-refractivity contribution in [2.45, 2.75) is 46.6 Å². The molecule has 0 fully saturated rings. The first-order chi connectivity index (χ1) is 29.8. The average Bonchev–Trinajstić information content (AvgIpc) is 3.24. The summed E-state index contributed by atoms with van der Waals surface area (Å²) in [5, 5.41) is 0. The molecule has 2 aromatic carbocycles. The molecule has 17 nitrogen and oxygen atoms in total. The van der Waals surface area contributed by atoms with E-state index in [4.69, 9.17) is 58.8 Å². The van der Waals surface area contributed by atoms with Gasteiger partial charge >= 0.3 is 0 Å². The number of carbonyl (C=O) groups excluding carboxylic acids is 1. The van der Waals surface area contributed by atoms with Gasteiger partial charge in [-0.3, -0.25) is 9.59 Å². The number of hydrogen-bond acceptors (Lipinski definition) is 16. The predicted molar refractivity (Wildman–Crippen MR) is 233 cm³/mol. The molecule has 0 saturated carbocycles. The molecular formula is C45H61N5O12. The number of Topliss-reactive ketones (excluding diaryl/α,β-unsaturated/α-hetero) is 1. The Morgan fingerprint density at radius 1 is 0.726 bits per heavy atom. The molecule has 1 aliphatic heterocycles. The van der Waals surface area contributed by atoms with Crippen LogP contribution in [-0.4, -0.2) is 121 Å². The first-order valence-electron chi connectivity index (χ1n) is 20.6. The number of aromatic nitrogens is 3. The summed E-state index contributed by atoms with van der Waals surface area (Å²) in [6.07, 6.45) is 4.47. The minimum Gasteiger partial charge on any atom is -0.493 e. The molecule has 0 radical (unpaired) electrons. The Balaban J connectivity index is 0.898. The Morgan fingerprint density at radius 2 is 1.26 bits per heavy atom. The number of anilines is 2. The minimum absolute atomic E-state index is 0.0244. The maximum atomic E-state index is 12.9. The third-order valence-electron chi connectivity index (χ3n) is 10.2. The molecule has 1 aliphatic rings. The largest absolute Gasteiger partial charge is 0.493 e. The molecule has 0 unspecified atom stereocenters. The molecule has 4 aromatic rings. The van der Waals surface area contributed by atoms with Gasteiger partial charge in [0.1, 0.15) is 19.0 Å². The molecule has 0 spiro atoms. The minimum atomic E-state index is -0.291. The summed E-state index contributed by atoms with van der Waals surface area (Å²) >= 11 is 0. The van der Waals surface area contributed by atoms with Gasteiger partial charge in [0.15, 0.2) is 34.2 Å². The molecule has 0 bridgehead atoms. The smallest absolute Gasteiger partial charge is 0.221 e. The molecule has 62 heavy (non-hydrogen) atoms. The van der Waals surface area contributed by atoms with Crippen molar-refractivity contribution in [2.24, 2.45) is 5.41 Å². The van der Waals surface area contributed by atoms with Gasteiger partial charge in [-0.15, -0.1) is 0 Å². The number of ether oxygens (including phenoxy) is 10. The first kappa shape index (κ1) is 47.6. The van der Waals surface area contributed by atoms with Crippen molar-refractivity contribution < 1.29 is 52.2 Å². The second-order valence-corrected chi connectivity index (χ2v) is 15.5. The average molecular weight is 864 g/mol. The molecular weight excluding hydrogens is 803 g/mol. The van der Waals surface area contributed by atoms with Crippen molar-refractivity contribution in [3.63, 3.8) is 0 Å². The number of nitrogens with zero attached hydrogens (tertiary/aromatic N) is 3. The van der Waals surface area contributed by atoms with E-state index < -0.39 is 0 Å². The number of pyridine rings is 1. The van der Waals surface area contributed by atoms with Crippen LogP contribution in [0.1, 0.15) is 60.8 Å². The van der Waals surface area contributed by atoms with E-state index in [0.717, 1.165) is 27.9 Å². The third-order valence-corrected chi connectivity index (χ3v) is 10.2. The number of fused-ring (bicyclic) bond motifs is 3. The number of nitrogen functional groups attached to an aromatic ring is 2. The molecule has 3 heterocycles. The SMILES string of the molecule is COc1cc2c(cc1OCCOCCOCCOCCOCCOCCOc1c(OC)cc(Cc3cnc(N)nc3N)cc1OC)C[C@@H](C(C)(C)C)n1cc(C(C)=O)c(=O)cc1-2. The highest BCUT2D eigenvalue weighted by Gasteiger charge is 2.34. The van der Waals surface area contributed by atoms with E-state index in [1.807, 2.05) is 24.3 Å². The maximum absolute atomic E-state index is 12.9. The Bertz CT molecular complexity index is 2130. The Morgan fingerprint density at radius 3 is 1.76 bits per heavy atom. The summed E-state index contributed by atoms with van der Waals surface area (Å²) in [4.78, 5) is 33.1. The second kappa shape index (κ2) is 23.1. The molecule has 0 aliphatic carbocycles. The maximum Gasteiger partial charge on any atom is 0.221 e. The highest BCUT2D eigenvalue weighted by molar-refractivity contribution is 5.94. The zero-order valence-corrected chi connectivity index (χ0v) is 36.9. The van der Waals surface area contributed by atoms with Crippen LogP contribution in [0, 0.1) is 5.41 Å². The summed E-state index contributed by atoms with van der Waals surface area (Å²) in [6.45, 7) is 12.6. The number of carbonyl (C=O) groups is 1. The normalized spacial score (nSPS) is 13.3. The molecule has 17 heteroatoms. The van der Waals surface area contributed by atoms with Gasteiger partial charge in [0, 0.05) is 42.0 Å². The Kier molecular flexibility index (Phi) is 17.7. The van der Waals surface area contributed by atoms with Gasteiger partial charge in [-0.25, -0.2) is 4.98 Å². The summed E-state index contributed by atoms with van der Waals surface area (Å²) in [5.41, 5.74) is 15.7. The zero-order valence-electron chi connectivity index (χ0n) is 36.9. The van der Waals surface area contributed by atoms with E-state index in [9.17, 15) is 9.59 Å². The van der Waals surface area contributed by atoms with Crippen molar-refractivity contribution in [1.29, 1.82) is 0 Å². The number of rotatable bonds is 26. The molecule has 1 atom stereocenters. The quantitative estimate of drug-likeness (QED) is 0.0631. The van der Waals surface area contributed by atoms with Crippen LogP contribution < -0.4 is 40.6 Å². The Labute approximate surface area is 362 Å². The van der Waals surface area contributed by atoms with Crippen molar-refractivity contribution in [1.82, 2.24) is 14.5 Å². The van der Waals surface area contributed by atoms with Gasteiger partial charge in [-0.05, 0) is 54.2 Å². The number of ketones is 1. The van der Waals surface area contributed by atoms with E-state index in [1.54, 1.807) is 39.8 Å². The van der Waals surface area contributed by atoms with Crippen molar-refractivity contribution in [3.05, 3.63) is 75.2 Å². The van der Waals surface area contributed by atoms with Gasteiger partial charge in [-0.2, -0.15) is 4.98 Å². The number of methoxy groups -OCH3 is 3. The number of hydrogen-bond donors (Lipinski definition) is 2. The first-order valence-corrected chi connectivity index (χ1v) is 20.6. The number of nitrogens with two attached hydrogens (primary N) is 2. The van der Waals surface area contributed by atoms with Crippen molar-refractivity contribution in [2.75, 3.05) is 112 Å². The molecule has 338 valence electrons. The van der Waals surface area contributed by atoms with Gasteiger partial charge in [-0.1, -0.05) is 20.8 Å². The van der Waals surface area contributed by atoms with Crippen LogP contribution in [0.3, 0.4) is 0 Å². The van der Waals surface area contributed by atoms with Crippen LogP contribution in [0.2, 0.25) is 0 Å². The Hall–Kier alpha value is -5.46. The van der Waals surface area contributed by atoms with Gasteiger partial charge in [0.05, 0.1) is 98.7 Å². The summed E-state index contributed by atoms with van der Waals surface area (Å²) in [6, 6.07) is 9.17. The van der Waals surface area contributed by atoms with Crippen LogP contribution >= 0.6 is 0 Å². The fourth-order valence-corrected chi connectivity index (χ4v) is 6.96. The lowest BCUT2D eigenvalue weighted by Crippen LogP contribution is -2.32. The molecule has 5 rings (SSSR count). The van der Waals surface area contributed by atoms with E-state index in [2.05, 4.69) is 35.3 Å². The van der Waals surface area contributed by atoms with E-state index >= 15 is 0 Å². The predicted octanol–water partition coefficient (Wildman–Crippen LogP) is 4.97. The van der Waals surface area contributed by atoms with Crippen LogP contribution in [0.15, 0.2) is 47.5 Å². The zero-order chi connectivity index (χ0) is 44.6. The summed E-state index contributed by atoms with van der Waals surface area (Å²) < 4.78 is 59.1. The highest BCUT2D eigenvalue weighted by Crippen LogP contribution is 2.46. The highest BCUT2D eigenvalue weighted by atomic mass is 16.6. The fourth-order valence-electron chi connectivity index (χ4n) is 6.96. The molecule has 0 saturated heterocycles. The van der Waals surface area contributed by atoms with Crippen molar-refractivity contribution >= 4 is 17.5 Å². The summed E-state index contributed by atoms with van der Waals surface area (Å²) in [7, 11) is 4.70. The van der Waals surface area contributed by atoms with Crippen LogP contribution in [0.5, 0.6) is 28.7 Å². The van der Waals surface area contributed by atoms with Crippen LogP contribution in [0.25, 0.3) is 11.3 Å². The van der Waals surface area contributed by atoms with Gasteiger partial charge < -0.3 is 63.4 Å². The standard InChI is InChI=1S/C45H61N5O12/c1-29(51)34-28-50-35(26-36(34)52)33-25-37(53-5)38(23-31(33)24-41(50)45(2,3)4)61-18-16-59-14-12-57-10-8-56-9-11-58-13-15-60-17-19-62-42-39(54-6)21-30(22-40(42)55-7)20-32-27-48-44(47)49-43(32)46/h21-23,25-28,41H,8-20,24H2,1-7H3,(H4,46,47,48,49)/t41-/m0/s1. The van der Waals surface area contributed by atoms with E-state index in [0.29, 0.717) is 120 Å². The molecule has 2 aromatic heterocycles. The van der Waals surface area contributed by atoms with Crippen LogP contribution in [0.4, 0.5) is 11.8 Å². The third kappa shape index (κ3) is 13.0.